The summed E-state index contributed by atoms with van der Waals surface area (Å²) in [4.78, 5) is -0.0742. The number of halogens is 3. The van der Waals surface area contributed by atoms with Gasteiger partial charge in [-0.1, -0.05) is 6.92 Å². The molecule has 0 aliphatic carbocycles. The van der Waals surface area contributed by atoms with Crippen molar-refractivity contribution in [2.45, 2.75) is 37.6 Å². The van der Waals surface area contributed by atoms with Crippen LogP contribution in [0.2, 0.25) is 0 Å². The van der Waals surface area contributed by atoms with E-state index in [0.29, 0.717) is 6.42 Å². The first-order valence-corrected chi connectivity index (χ1v) is 7.35. The van der Waals surface area contributed by atoms with Crippen molar-refractivity contribution in [1.29, 1.82) is 0 Å². The molecule has 0 aliphatic rings. The first-order chi connectivity index (χ1) is 9.08. The van der Waals surface area contributed by atoms with Crippen molar-refractivity contribution in [3.63, 3.8) is 0 Å². The predicted octanol–water partition coefficient (Wildman–Crippen LogP) is 3.00. The fourth-order valence-corrected chi connectivity index (χ4v) is 2.91. The van der Waals surface area contributed by atoms with Gasteiger partial charge >= 0.3 is 6.36 Å². The number of benzene rings is 1. The first kappa shape index (κ1) is 16.8. The maximum absolute atomic E-state index is 12.2. The highest BCUT2D eigenvalue weighted by molar-refractivity contribution is 7.89. The fourth-order valence-electron chi connectivity index (χ4n) is 1.47. The maximum Gasteiger partial charge on any atom is 0.573 e. The van der Waals surface area contributed by atoms with Crippen LogP contribution in [-0.4, -0.2) is 32.2 Å². The lowest BCUT2D eigenvalue weighted by Gasteiger charge is -2.23. The summed E-state index contributed by atoms with van der Waals surface area (Å²) in [5.74, 6) is -0.456. The van der Waals surface area contributed by atoms with Crippen LogP contribution < -0.4 is 4.74 Å². The summed E-state index contributed by atoms with van der Waals surface area (Å²) in [6.07, 6.45) is -4.17. The Morgan fingerprint density at radius 2 is 1.75 bits per heavy atom. The van der Waals surface area contributed by atoms with Crippen molar-refractivity contribution < 1.29 is 26.3 Å². The van der Waals surface area contributed by atoms with E-state index < -0.39 is 22.1 Å². The topological polar surface area (TPSA) is 46.6 Å². The molecule has 1 aromatic rings. The highest BCUT2D eigenvalue weighted by Gasteiger charge is 2.31. The third-order valence-electron chi connectivity index (χ3n) is 2.95. The van der Waals surface area contributed by atoms with Gasteiger partial charge in [-0.15, -0.1) is 13.2 Å². The van der Waals surface area contributed by atoms with Gasteiger partial charge in [-0.25, -0.2) is 8.42 Å². The minimum Gasteiger partial charge on any atom is -0.406 e. The zero-order chi connectivity index (χ0) is 15.6. The fraction of sp³-hybridized carbons (Fsp3) is 0.500. The molecule has 0 radical (unpaired) electrons. The molecule has 4 nitrogen and oxygen atoms in total. The number of rotatable bonds is 5. The molecular formula is C12H16F3NO3S. The van der Waals surface area contributed by atoms with Crippen molar-refractivity contribution in [3.8, 4) is 5.75 Å². The minimum atomic E-state index is -4.80. The smallest absolute Gasteiger partial charge is 0.406 e. The number of alkyl halides is 3. The molecule has 114 valence electrons. The Morgan fingerprint density at radius 3 is 2.15 bits per heavy atom. The molecule has 20 heavy (non-hydrogen) atoms. The van der Waals surface area contributed by atoms with Crippen molar-refractivity contribution >= 4 is 10.0 Å². The Kier molecular flexibility index (Phi) is 5.04. The Balaban J connectivity index is 2.98. The second-order valence-electron chi connectivity index (χ2n) is 4.30. The Bertz CT molecular complexity index is 540. The SMILES string of the molecule is CCC(C)N(C)S(=O)(=O)c1ccc(OC(F)(F)F)cc1. The maximum atomic E-state index is 12.2. The minimum absolute atomic E-state index is 0.0742. The Morgan fingerprint density at radius 1 is 1.25 bits per heavy atom. The normalized spacial score (nSPS) is 14.3. The van der Waals surface area contributed by atoms with E-state index in [0.717, 1.165) is 24.3 Å². The lowest BCUT2D eigenvalue weighted by molar-refractivity contribution is -0.274. The molecule has 0 amide bonds. The molecule has 0 fully saturated rings. The number of sulfonamides is 1. The van der Waals surface area contributed by atoms with Gasteiger partial charge in [0.2, 0.25) is 10.0 Å². The van der Waals surface area contributed by atoms with Crippen LogP contribution in [0.4, 0.5) is 13.2 Å². The van der Waals surface area contributed by atoms with E-state index in [4.69, 9.17) is 0 Å². The van der Waals surface area contributed by atoms with Gasteiger partial charge in [-0.3, -0.25) is 0 Å². The third-order valence-corrected chi connectivity index (χ3v) is 4.93. The summed E-state index contributed by atoms with van der Waals surface area (Å²) in [5, 5.41) is 0. The van der Waals surface area contributed by atoms with Crippen LogP contribution >= 0.6 is 0 Å². The zero-order valence-corrected chi connectivity index (χ0v) is 12.1. The average molecular weight is 311 g/mol. The molecule has 0 N–H and O–H groups in total. The van der Waals surface area contributed by atoms with Crippen LogP contribution in [-0.2, 0) is 10.0 Å². The lowest BCUT2D eigenvalue weighted by atomic mass is 10.3. The van der Waals surface area contributed by atoms with Crippen LogP contribution in [0, 0.1) is 0 Å². The molecule has 0 aliphatic heterocycles. The highest BCUT2D eigenvalue weighted by atomic mass is 32.2. The monoisotopic (exact) mass is 311 g/mol. The zero-order valence-electron chi connectivity index (χ0n) is 11.3. The van der Waals surface area contributed by atoms with E-state index in [1.54, 1.807) is 6.92 Å². The van der Waals surface area contributed by atoms with E-state index in [9.17, 15) is 21.6 Å². The summed E-state index contributed by atoms with van der Waals surface area (Å²) in [5.41, 5.74) is 0. The van der Waals surface area contributed by atoms with Gasteiger partial charge in [0.25, 0.3) is 0 Å². The number of ether oxygens (including phenoxy) is 1. The average Bonchev–Trinajstić information content (AvgIpc) is 2.35. The Hall–Kier alpha value is -1.28. The number of hydrogen-bond donors (Lipinski definition) is 0. The van der Waals surface area contributed by atoms with Gasteiger partial charge in [0.1, 0.15) is 5.75 Å². The molecule has 1 rings (SSSR count). The molecule has 0 saturated carbocycles. The van der Waals surface area contributed by atoms with Crippen molar-refractivity contribution in [3.05, 3.63) is 24.3 Å². The van der Waals surface area contributed by atoms with Crippen LogP contribution in [0.5, 0.6) is 5.75 Å². The third kappa shape index (κ3) is 4.11. The molecule has 0 aromatic heterocycles. The first-order valence-electron chi connectivity index (χ1n) is 5.91. The largest absolute Gasteiger partial charge is 0.573 e. The summed E-state index contributed by atoms with van der Waals surface area (Å²) < 4.78 is 65.3. The highest BCUT2D eigenvalue weighted by Crippen LogP contribution is 2.25. The molecule has 0 bridgehead atoms. The molecule has 1 aromatic carbocycles. The molecule has 0 heterocycles. The van der Waals surface area contributed by atoms with Crippen LogP contribution in [0.3, 0.4) is 0 Å². The van der Waals surface area contributed by atoms with E-state index in [1.165, 1.54) is 11.4 Å². The Labute approximate surface area is 116 Å². The van der Waals surface area contributed by atoms with Gasteiger partial charge < -0.3 is 4.74 Å². The quantitative estimate of drug-likeness (QED) is 0.840. The van der Waals surface area contributed by atoms with Crippen LogP contribution in [0.1, 0.15) is 20.3 Å². The molecule has 0 spiro atoms. The molecule has 1 unspecified atom stereocenters. The molecular weight excluding hydrogens is 295 g/mol. The van der Waals surface area contributed by atoms with Crippen molar-refractivity contribution in [2.24, 2.45) is 0 Å². The predicted molar refractivity (Wildman–Crippen MR) is 67.8 cm³/mol. The lowest BCUT2D eigenvalue weighted by Crippen LogP contribution is -2.34. The van der Waals surface area contributed by atoms with E-state index >= 15 is 0 Å². The van der Waals surface area contributed by atoms with Crippen molar-refractivity contribution in [1.82, 2.24) is 4.31 Å². The summed E-state index contributed by atoms with van der Waals surface area (Å²) in [7, 11) is -2.28. The second kappa shape index (κ2) is 6.01. The van der Waals surface area contributed by atoms with E-state index in [-0.39, 0.29) is 10.9 Å². The van der Waals surface area contributed by atoms with Gasteiger partial charge in [0, 0.05) is 13.1 Å². The molecule has 0 saturated heterocycles. The van der Waals surface area contributed by atoms with Gasteiger partial charge in [0.15, 0.2) is 0 Å². The standard InChI is InChI=1S/C12H16F3NO3S/c1-4-9(2)16(3)20(17,18)11-7-5-10(6-8-11)19-12(13,14)15/h5-9H,4H2,1-3H3. The van der Waals surface area contributed by atoms with E-state index in [1.807, 2.05) is 6.92 Å². The summed E-state index contributed by atoms with van der Waals surface area (Å²) in [6.45, 7) is 3.59. The van der Waals surface area contributed by atoms with Gasteiger partial charge in [0.05, 0.1) is 4.90 Å². The van der Waals surface area contributed by atoms with Gasteiger partial charge in [-0.2, -0.15) is 4.31 Å². The van der Waals surface area contributed by atoms with Gasteiger partial charge in [-0.05, 0) is 37.6 Å². The molecule has 8 heteroatoms. The summed E-state index contributed by atoms with van der Waals surface area (Å²) in [6, 6.07) is 3.94. The second-order valence-corrected chi connectivity index (χ2v) is 6.30. The van der Waals surface area contributed by atoms with E-state index in [2.05, 4.69) is 4.74 Å². The molecule has 1 atom stereocenters. The van der Waals surface area contributed by atoms with Crippen LogP contribution in [0.25, 0.3) is 0 Å². The number of hydrogen-bond acceptors (Lipinski definition) is 3. The summed E-state index contributed by atoms with van der Waals surface area (Å²) >= 11 is 0. The van der Waals surface area contributed by atoms with Crippen LogP contribution in [0.15, 0.2) is 29.2 Å². The number of nitrogens with zero attached hydrogens (tertiary/aromatic N) is 1. The van der Waals surface area contributed by atoms with Crippen molar-refractivity contribution in [2.75, 3.05) is 7.05 Å².